The predicted molar refractivity (Wildman–Crippen MR) is 77.6 cm³/mol. The third-order valence-corrected chi connectivity index (χ3v) is 3.16. The average molecular weight is 277 g/mol. The number of anilines is 1. The summed E-state index contributed by atoms with van der Waals surface area (Å²) in [5, 5.41) is 16.5. The SMILES string of the molecule is Cn1ncc(C#N)c1NC(=O)c1ccc2ncccc2c1. The molecule has 0 aliphatic carbocycles. The Labute approximate surface area is 120 Å². The van der Waals surface area contributed by atoms with Gasteiger partial charge in [-0.05, 0) is 24.3 Å². The molecule has 102 valence electrons. The number of amides is 1. The van der Waals surface area contributed by atoms with E-state index in [2.05, 4.69) is 15.4 Å². The van der Waals surface area contributed by atoms with Crippen LogP contribution in [0.3, 0.4) is 0 Å². The van der Waals surface area contributed by atoms with Crippen LogP contribution in [0.5, 0.6) is 0 Å². The van der Waals surface area contributed by atoms with Crippen LogP contribution >= 0.6 is 0 Å². The number of pyridine rings is 1. The second kappa shape index (κ2) is 5.06. The fourth-order valence-electron chi connectivity index (χ4n) is 2.06. The van der Waals surface area contributed by atoms with Crippen molar-refractivity contribution in [3.63, 3.8) is 0 Å². The van der Waals surface area contributed by atoms with Crippen molar-refractivity contribution < 1.29 is 4.79 Å². The summed E-state index contributed by atoms with van der Waals surface area (Å²) in [6.45, 7) is 0. The number of nitriles is 1. The minimum absolute atomic E-state index is 0.291. The van der Waals surface area contributed by atoms with E-state index in [0.717, 1.165) is 10.9 Å². The molecule has 0 unspecified atom stereocenters. The molecule has 0 spiro atoms. The summed E-state index contributed by atoms with van der Waals surface area (Å²) in [4.78, 5) is 16.5. The first-order chi connectivity index (χ1) is 10.2. The van der Waals surface area contributed by atoms with Crippen molar-refractivity contribution in [1.29, 1.82) is 5.26 Å². The first-order valence-corrected chi connectivity index (χ1v) is 6.27. The topological polar surface area (TPSA) is 83.6 Å². The molecule has 3 aromatic rings. The molecule has 0 radical (unpaired) electrons. The molecule has 1 aromatic carbocycles. The Morgan fingerprint density at radius 3 is 3.05 bits per heavy atom. The molecule has 6 heteroatoms. The predicted octanol–water partition coefficient (Wildman–Crippen LogP) is 2.09. The van der Waals surface area contributed by atoms with E-state index in [4.69, 9.17) is 5.26 Å². The van der Waals surface area contributed by atoms with Crippen LogP contribution in [0.25, 0.3) is 10.9 Å². The van der Waals surface area contributed by atoms with Crippen molar-refractivity contribution in [3.05, 3.63) is 53.9 Å². The first-order valence-electron chi connectivity index (χ1n) is 6.27. The minimum atomic E-state index is -0.291. The maximum absolute atomic E-state index is 12.3. The molecule has 0 bridgehead atoms. The standard InChI is InChI=1S/C15H11N5O/c1-20-14(12(8-16)9-18-20)19-15(21)11-4-5-13-10(7-11)3-2-6-17-13/h2-7,9H,1H3,(H,19,21). The van der Waals surface area contributed by atoms with Gasteiger partial charge in [-0.1, -0.05) is 6.07 Å². The number of hydrogen-bond acceptors (Lipinski definition) is 4. The lowest BCUT2D eigenvalue weighted by molar-refractivity contribution is 0.102. The van der Waals surface area contributed by atoms with E-state index in [0.29, 0.717) is 16.9 Å². The smallest absolute Gasteiger partial charge is 0.256 e. The van der Waals surface area contributed by atoms with Crippen LogP contribution in [-0.2, 0) is 7.05 Å². The van der Waals surface area contributed by atoms with Gasteiger partial charge in [-0.15, -0.1) is 0 Å². The van der Waals surface area contributed by atoms with Crippen molar-refractivity contribution in [2.45, 2.75) is 0 Å². The van der Waals surface area contributed by atoms with E-state index in [1.54, 1.807) is 31.4 Å². The first kappa shape index (κ1) is 12.8. The number of rotatable bonds is 2. The fourth-order valence-corrected chi connectivity index (χ4v) is 2.06. The third kappa shape index (κ3) is 2.32. The Bertz CT molecular complexity index is 875. The molecule has 0 atom stereocenters. The molecular weight excluding hydrogens is 266 g/mol. The van der Waals surface area contributed by atoms with Crippen molar-refractivity contribution in [2.75, 3.05) is 5.32 Å². The van der Waals surface area contributed by atoms with Gasteiger partial charge in [0.15, 0.2) is 0 Å². The molecule has 0 aliphatic heterocycles. The molecule has 0 saturated carbocycles. The Hall–Kier alpha value is -3.20. The number of hydrogen-bond donors (Lipinski definition) is 1. The summed E-state index contributed by atoms with van der Waals surface area (Å²) in [5.41, 5.74) is 1.65. The maximum atomic E-state index is 12.3. The van der Waals surface area contributed by atoms with Gasteiger partial charge in [-0.25, -0.2) is 0 Å². The van der Waals surface area contributed by atoms with Gasteiger partial charge in [0.2, 0.25) is 0 Å². The zero-order valence-electron chi connectivity index (χ0n) is 11.2. The van der Waals surface area contributed by atoms with Crippen molar-refractivity contribution >= 4 is 22.6 Å². The van der Waals surface area contributed by atoms with Crippen LogP contribution in [0.15, 0.2) is 42.7 Å². The van der Waals surface area contributed by atoms with Crippen LogP contribution in [0.1, 0.15) is 15.9 Å². The second-order valence-corrected chi connectivity index (χ2v) is 4.51. The summed E-state index contributed by atoms with van der Waals surface area (Å²) in [7, 11) is 1.67. The Balaban J connectivity index is 1.94. The molecule has 2 aromatic heterocycles. The number of nitrogens with zero attached hydrogens (tertiary/aromatic N) is 4. The molecule has 1 amide bonds. The van der Waals surface area contributed by atoms with E-state index in [1.807, 2.05) is 18.2 Å². The average Bonchev–Trinajstić information content (AvgIpc) is 2.87. The van der Waals surface area contributed by atoms with E-state index < -0.39 is 0 Å². The number of fused-ring (bicyclic) bond motifs is 1. The molecular formula is C15H11N5O. The van der Waals surface area contributed by atoms with Crippen molar-refractivity contribution in [2.24, 2.45) is 7.05 Å². The molecule has 21 heavy (non-hydrogen) atoms. The highest BCUT2D eigenvalue weighted by Crippen LogP contribution is 2.17. The maximum Gasteiger partial charge on any atom is 0.256 e. The molecule has 0 aliphatic rings. The number of carbonyl (C=O) groups excluding carboxylic acids is 1. The molecule has 6 nitrogen and oxygen atoms in total. The molecule has 1 N–H and O–H groups in total. The summed E-state index contributed by atoms with van der Waals surface area (Å²) in [6.07, 6.45) is 3.12. The lowest BCUT2D eigenvalue weighted by Gasteiger charge is -2.06. The number of carbonyl (C=O) groups is 1. The summed E-state index contributed by atoms with van der Waals surface area (Å²) in [5.74, 6) is 0.0923. The van der Waals surface area contributed by atoms with Gasteiger partial charge >= 0.3 is 0 Å². The molecule has 2 heterocycles. The van der Waals surface area contributed by atoms with Crippen molar-refractivity contribution in [3.8, 4) is 6.07 Å². The number of benzene rings is 1. The monoisotopic (exact) mass is 277 g/mol. The molecule has 0 fully saturated rings. The van der Waals surface area contributed by atoms with E-state index in [9.17, 15) is 4.79 Å². The van der Waals surface area contributed by atoms with Crippen LogP contribution in [-0.4, -0.2) is 20.7 Å². The fraction of sp³-hybridized carbons (Fsp3) is 0.0667. The third-order valence-electron chi connectivity index (χ3n) is 3.16. The van der Waals surface area contributed by atoms with Crippen LogP contribution in [0, 0.1) is 11.3 Å². The number of aromatic nitrogens is 3. The van der Waals surface area contributed by atoms with Crippen molar-refractivity contribution in [1.82, 2.24) is 14.8 Å². The van der Waals surface area contributed by atoms with Gasteiger partial charge in [0.05, 0.1) is 11.7 Å². The van der Waals surface area contributed by atoms with E-state index >= 15 is 0 Å². The van der Waals surface area contributed by atoms with Gasteiger partial charge in [0.1, 0.15) is 17.5 Å². The van der Waals surface area contributed by atoms with Crippen LogP contribution in [0.4, 0.5) is 5.82 Å². The highest BCUT2D eigenvalue weighted by molar-refractivity contribution is 6.06. The van der Waals surface area contributed by atoms with Gasteiger partial charge < -0.3 is 5.32 Å². The lowest BCUT2D eigenvalue weighted by Crippen LogP contribution is -2.15. The van der Waals surface area contributed by atoms with Gasteiger partial charge in [0.25, 0.3) is 5.91 Å². The Morgan fingerprint density at radius 1 is 1.38 bits per heavy atom. The van der Waals surface area contributed by atoms with E-state index in [1.165, 1.54) is 10.9 Å². The number of nitrogens with one attached hydrogen (secondary N) is 1. The van der Waals surface area contributed by atoms with E-state index in [-0.39, 0.29) is 5.91 Å². The van der Waals surface area contributed by atoms with Crippen LogP contribution < -0.4 is 5.32 Å². The molecule has 0 saturated heterocycles. The quantitative estimate of drug-likeness (QED) is 0.777. The summed E-state index contributed by atoms with van der Waals surface area (Å²) < 4.78 is 1.46. The van der Waals surface area contributed by atoms with Gasteiger partial charge in [0, 0.05) is 24.2 Å². The largest absolute Gasteiger partial charge is 0.306 e. The number of aryl methyl sites for hydroxylation is 1. The lowest BCUT2D eigenvalue weighted by atomic mass is 10.1. The second-order valence-electron chi connectivity index (χ2n) is 4.51. The van der Waals surface area contributed by atoms with Gasteiger partial charge in [-0.3, -0.25) is 14.5 Å². The zero-order chi connectivity index (χ0) is 14.8. The highest BCUT2D eigenvalue weighted by atomic mass is 16.1. The summed E-state index contributed by atoms with van der Waals surface area (Å²) >= 11 is 0. The summed E-state index contributed by atoms with van der Waals surface area (Å²) in [6, 6.07) is 11.0. The Kier molecular flexibility index (Phi) is 3.09. The minimum Gasteiger partial charge on any atom is -0.306 e. The zero-order valence-corrected chi connectivity index (χ0v) is 11.2. The highest BCUT2D eigenvalue weighted by Gasteiger charge is 2.13. The van der Waals surface area contributed by atoms with Crippen LogP contribution in [0.2, 0.25) is 0 Å². The Morgan fingerprint density at radius 2 is 2.24 bits per heavy atom. The molecule has 3 rings (SSSR count). The van der Waals surface area contributed by atoms with Gasteiger partial charge in [-0.2, -0.15) is 10.4 Å². The normalized spacial score (nSPS) is 10.3.